The number of para-hydroxylation sites is 1. The van der Waals surface area contributed by atoms with Gasteiger partial charge in [0.15, 0.2) is 5.75 Å². The molecule has 0 saturated heterocycles. The molecule has 0 unspecified atom stereocenters. The zero-order valence-electron chi connectivity index (χ0n) is 18.1. The van der Waals surface area contributed by atoms with Gasteiger partial charge in [-0.1, -0.05) is 28.1 Å². The summed E-state index contributed by atoms with van der Waals surface area (Å²) in [6, 6.07) is 16.8. The van der Waals surface area contributed by atoms with E-state index in [0.29, 0.717) is 21.5 Å². The van der Waals surface area contributed by atoms with Crippen LogP contribution in [0.2, 0.25) is 0 Å². The molecule has 0 aliphatic heterocycles. The average Bonchev–Trinajstić information content (AvgIpc) is 2.80. The van der Waals surface area contributed by atoms with Crippen molar-refractivity contribution < 1.29 is 26.9 Å². The van der Waals surface area contributed by atoms with Crippen molar-refractivity contribution in [2.24, 2.45) is 5.10 Å². The van der Waals surface area contributed by atoms with Crippen LogP contribution in [-0.4, -0.2) is 33.6 Å². The Morgan fingerprint density at radius 3 is 2.38 bits per heavy atom. The van der Waals surface area contributed by atoms with Crippen molar-refractivity contribution in [2.45, 2.75) is 11.8 Å². The predicted octanol–water partition coefficient (Wildman–Crippen LogP) is 3.95. The van der Waals surface area contributed by atoms with Crippen LogP contribution >= 0.6 is 15.9 Å². The zero-order valence-corrected chi connectivity index (χ0v) is 20.5. The first-order chi connectivity index (χ1) is 16.2. The van der Waals surface area contributed by atoms with Gasteiger partial charge in [0.05, 0.1) is 18.9 Å². The Kier molecular flexibility index (Phi) is 8.03. The van der Waals surface area contributed by atoms with E-state index in [1.807, 2.05) is 0 Å². The lowest BCUT2D eigenvalue weighted by molar-refractivity contribution is -0.114. The van der Waals surface area contributed by atoms with Crippen LogP contribution in [0.5, 0.6) is 11.5 Å². The summed E-state index contributed by atoms with van der Waals surface area (Å²) >= 11 is 3.30. The zero-order chi connectivity index (χ0) is 24.7. The lowest BCUT2D eigenvalue weighted by atomic mass is 10.2. The van der Waals surface area contributed by atoms with E-state index in [1.54, 1.807) is 36.4 Å². The van der Waals surface area contributed by atoms with Crippen LogP contribution in [0, 0.1) is 0 Å². The fourth-order valence-corrected chi connectivity index (χ4v) is 4.13. The van der Waals surface area contributed by atoms with E-state index in [4.69, 9.17) is 8.92 Å². The highest BCUT2D eigenvalue weighted by atomic mass is 79.9. The molecule has 0 aliphatic rings. The van der Waals surface area contributed by atoms with Gasteiger partial charge in [-0.05, 0) is 54.6 Å². The second kappa shape index (κ2) is 10.9. The molecule has 0 heterocycles. The molecule has 2 amide bonds. The van der Waals surface area contributed by atoms with Gasteiger partial charge in [-0.3, -0.25) is 9.59 Å². The van der Waals surface area contributed by atoms with Gasteiger partial charge < -0.3 is 14.2 Å². The number of benzene rings is 3. The number of carbonyl (C=O) groups excluding carboxylic acids is 2. The summed E-state index contributed by atoms with van der Waals surface area (Å²) in [6.07, 6.45) is 1.27. The molecule has 0 aromatic heterocycles. The molecule has 0 atom stereocenters. The number of halogens is 1. The maximum absolute atomic E-state index is 12.7. The summed E-state index contributed by atoms with van der Waals surface area (Å²) < 4.78 is 36.6. The van der Waals surface area contributed by atoms with Crippen molar-refractivity contribution in [3.05, 3.63) is 82.3 Å². The third kappa shape index (κ3) is 6.42. The van der Waals surface area contributed by atoms with Crippen LogP contribution < -0.4 is 19.7 Å². The topological polar surface area (TPSA) is 123 Å². The first kappa shape index (κ1) is 24.9. The number of hydrogen-bond acceptors (Lipinski definition) is 7. The Morgan fingerprint density at radius 1 is 1.00 bits per heavy atom. The second-order valence-electron chi connectivity index (χ2n) is 6.82. The predicted molar refractivity (Wildman–Crippen MR) is 131 cm³/mol. The lowest BCUT2D eigenvalue weighted by Crippen LogP contribution is -2.18. The monoisotopic (exact) mass is 545 g/mol. The molecule has 0 radical (unpaired) electrons. The first-order valence-electron chi connectivity index (χ1n) is 9.78. The molecule has 0 fully saturated rings. The highest BCUT2D eigenvalue weighted by Gasteiger charge is 2.18. The van der Waals surface area contributed by atoms with Gasteiger partial charge in [-0.25, -0.2) is 5.43 Å². The summed E-state index contributed by atoms with van der Waals surface area (Å²) in [6.45, 7) is 1.35. The molecule has 11 heteroatoms. The van der Waals surface area contributed by atoms with Gasteiger partial charge >= 0.3 is 10.1 Å². The minimum absolute atomic E-state index is 0.0199. The highest BCUT2D eigenvalue weighted by molar-refractivity contribution is 9.10. The van der Waals surface area contributed by atoms with E-state index in [-0.39, 0.29) is 22.1 Å². The number of ether oxygens (including phenoxy) is 1. The van der Waals surface area contributed by atoms with Gasteiger partial charge in [-0.2, -0.15) is 13.5 Å². The number of methoxy groups -OCH3 is 1. The fraction of sp³-hybridized carbons (Fsp3) is 0.0870. The minimum atomic E-state index is -4.16. The molecule has 3 aromatic carbocycles. The Hall–Kier alpha value is -3.70. The van der Waals surface area contributed by atoms with Crippen LogP contribution in [0.25, 0.3) is 0 Å². The molecule has 9 nitrogen and oxygen atoms in total. The van der Waals surface area contributed by atoms with E-state index < -0.39 is 16.0 Å². The molecule has 176 valence electrons. The molecule has 0 saturated carbocycles. The molecule has 3 rings (SSSR count). The number of amides is 2. The van der Waals surface area contributed by atoms with Crippen molar-refractivity contribution in [1.29, 1.82) is 0 Å². The van der Waals surface area contributed by atoms with Crippen LogP contribution in [0.4, 0.5) is 5.69 Å². The van der Waals surface area contributed by atoms with Gasteiger partial charge in [0, 0.05) is 22.6 Å². The number of nitrogens with one attached hydrogen (secondary N) is 2. The average molecular weight is 546 g/mol. The van der Waals surface area contributed by atoms with Gasteiger partial charge in [0.2, 0.25) is 5.91 Å². The summed E-state index contributed by atoms with van der Waals surface area (Å²) in [5, 5.41) is 6.47. The lowest BCUT2D eigenvalue weighted by Gasteiger charge is -2.10. The number of carbonyl (C=O) groups is 2. The molecule has 0 spiro atoms. The maximum Gasteiger partial charge on any atom is 0.339 e. The summed E-state index contributed by atoms with van der Waals surface area (Å²) in [4.78, 5) is 23.5. The standard InChI is InChI=1S/C23H20BrN3O6S/c1-15(28)26-18-8-10-19(11-9-18)34(30,31)33-21-6-4-3-5-16(21)14-25-27-23(29)20-13-17(24)7-12-22(20)32-2/h3-14H,1-2H3,(H,26,28)(H,27,29)/b25-14-. The minimum Gasteiger partial charge on any atom is -0.496 e. The van der Waals surface area contributed by atoms with E-state index in [2.05, 4.69) is 31.8 Å². The fourth-order valence-electron chi connectivity index (χ4n) is 2.82. The Bertz CT molecular complexity index is 1340. The molecule has 3 aromatic rings. The third-order valence-electron chi connectivity index (χ3n) is 4.36. The number of anilines is 1. The van der Waals surface area contributed by atoms with Crippen LogP contribution in [0.1, 0.15) is 22.8 Å². The normalized spacial score (nSPS) is 11.1. The van der Waals surface area contributed by atoms with Crippen LogP contribution in [0.3, 0.4) is 0 Å². The van der Waals surface area contributed by atoms with Crippen molar-refractivity contribution in [3.63, 3.8) is 0 Å². The SMILES string of the molecule is COc1ccc(Br)cc1C(=O)N/N=C\c1ccccc1OS(=O)(=O)c1ccc(NC(C)=O)cc1. The smallest absolute Gasteiger partial charge is 0.339 e. The number of rotatable bonds is 8. The maximum atomic E-state index is 12.7. The van der Waals surface area contributed by atoms with Crippen molar-refractivity contribution >= 4 is 49.8 Å². The molecule has 0 aliphatic carbocycles. The largest absolute Gasteiger partial charge is 0.496 e. The van der Waals surface area contributed by atoms with Crippen molar-refractivity contribution in [1.82, 2.24) is 5.43 Å². The third-order valence-corrected chi connectivity index (χ3v) is 6.10. The van der Waals surface area contributed by atoms with Crippen LogP contribution in [-0.2, 0) is 14.9 Å². The van der Waals surface area contributed by atoms with E-state index in [0.717, 1.165) is 0 Å². The first-order valence-corrected chi connectivity index (χ1v) is 12.0. The molecule has 0 bridgehead atoms. The van der Waals surface area contributed by atoms with Gasteiger partial charge in [-0.15, -0.1) is 0 Å². The highest BCUT2D eigenvalue weighted by Crippen LogP contribution is 2.24. The van der Waals surface area contributed by atoms with Gasteiger partial charge in [0.1, 0.15) is 10.6 Å². The number of hydrogen-bond donors (Lipinski definition) is 2. The van der Waals surface area contributed by atoms with Crippen molar-refractivity contribution in [3.8, 4) is 11.5 Å². The number of hydrazone groups is 1. The van der Waals surface area contributed by atoms with Crippen LogP contribution in [0.15, 0.2) is 81.2 Å². The van der Waals surface area contributed by atoms with E-state index >= 15 is 0 Å². The Morgan fingerprint density at radius 2 is 1.71 bits per heavy atom. The second-order valence-corrected chi connectivity index (χ2v) is 9.29. The Labute approximate surface area is 205 Å². The molecule has 2 N–H and O–H groups in total. The van der Waals surface area contributed by atoms with Gasteiger partial charge in [0.25, 0.3) is 5.91 Å². The van der Waals surface area contributed by atoms with Crippen molar-refractivity contribution in [2.75, 3.05) is 12.4 Å². The summed E-state index contributed by atoms with van der Waals surface area (Å²) in [7, 11) is -2.71. The van der Waals surface area contributed by atoms with E-state index in [9.17, 15) is 18.0 Å². The van der Waals surface area contributed by atoms with E-state index in [1.165, 1.54) is 50.6 Å². The quantitative estimate of drug-likeness (QED) is 0.251. The molecular formula is C23H20BrN3O6S. The molecular weight excluding hydrogens is 526 g/mol. The summed E-state index contributed by atoms with van der Waals surface area (Å²) in [5.41, 5.74) is 3.43. The molecule has 34 heavy (non-hydrogen) atoms. The summed E-state index contributed by atoms with van der Waals surface area (Å²) in [5.74, 6) is -0.396. The number of nitrogens with zero attached hydrogens (tertiary/aromatic N) is 1. The Balaban J connectivity index is 1.76.